The van der Waals surface area contributed by atoms with E-state index in [0.29, 0.717) is 5.41 Å². The molecule has 0 aliphatic heterocycles. The molecule has 0 amide bonds. The number of hydrogen-bond acceptors (Lipinski definition) is 0. The molecule has 0 bridgehead atoms. The van der Waals surface area contributed by atoms with Gasteiger partial charge in [-0.1, -0.05) is 67.7 Å². The van der Waals surface area contributed by atoms with Crippen molar-refractivity contribution in [1.82, 2.24) is 0 Å². The van der Waals surface area contributed by atoms with Gasteiger partial charge in [0.2, 0.25) is 0 Å². The standard InChI is InChI=1S/C14H30/c1-8-11(2)9-10-12(3)13(4)14(5,6)7/h11-13H,8-10H2,1-7H3. The smallest absolute Gasteiger partial charge is 0.0354 e. The molecule has 0 spiro atoms. The lowest BCUT2D eigenvalue weighted by molar-refractivity contribution is 0.173. The predicted octanol–water partition coefficient (Wildman–Crippen LogP) is 5.13. The summed E-state index contributed by atoms with van der Waals surface area (Å²) in [5, 5.41) is 0. The van der Waals surface area contributed by atoms with Gasteiger partial charge in [0.05, 0.1) is 0 Å². The van der Waals surface area contributed by atoms with E-state index < -0.39 is 0 Å². The first kappa shape index (κ1) is 14.0. The highest BCUT2D eigenvalue weighted by molar-refractivity contribution is 4.75. The van der Waals surface area contributed by atoms with Crippen LogP contribution in [-0.2, 0) is 0 Å². The maximum atomic E-state index is 2.41. The second-order valence-electron chi connectivity index (χ2n) is 6.22. The van der Waals surface area contributed by atoms with Gasteiger partial charge in [-0.3, -0.25) is 0 Å². The SMILES string of the molecule is CCC(C)CCC(C)C(C)C(C)(C)C. The molecule has 3 unspecified atom stereocenters. The van der Waals surface area contributed by atoms with Gasteiger partial charge in [-0.05, 0) is 23.2 Å². The molecule has 0 aromatic heterocycles. The summed E-state index contributed by atoms with van der Waals surface area (Å²) in [4.78, 5) is 0. The zero-order valence-corrected chi connectivity index (χ0v) is 11.4. The third-order valence-corrected chi connectivity index (χ3v) is 4.03. The van der Waals surface area contributed by atoms with Gasteiger partial charge in [0.1, 0.15) is 0 Å². The van der Waals surface area contributed by atoms with Crippen LogP contribution in [0.4, 0.5) is 0 Å². The Labute approximate surface area is 91.5 Å². The van der Waals surface area contributed by atoms with Gasteiger partial charge in [-0.15, -0.1) is 0 Å². The summed E-state index contributed by atoms with van der Waals surface area (Å²) < 4.78 is 0. The van der Waals surface area contributed by atoms with Crippen LogP contribution in [0.3, 0.4) is 0 Å². The Balaban J connectivity index is 3.90. The average Bonchev–Trinajstić information content (AvgIpc) is 2.10. The Morgan fingerprint density at radius 3 is 1.79 bits per heavy atom. The van der Waals surface area contributed by atoms with E-state index in [1.807, 2.05) is 0 Å². The van der Waals surface area contributed by atoms with Crippen LogP contribution in [-0.4, -0.2) is 0 Å². The summed E-state index contributed by atoms with van der Waals surface area (Å²) in [5.74, 6) is 2.60. The third kappa shape index (κ3) is 5.02. The molecular weight excluding hydrogens is 168 g/mol. The number of rotatable bonds is 5. The van der Waals surface area contributed by atoms with E-state index in [9.17, 15) is 0 Å². The maximum absolute atomic E-state index is 2.41. The van der Waals surface area contributed by atoms with E-state index in [-0.39, 0.29) is 0 Å². The average molecular weight is 198 g/mol. The lowest BCUT2D eigenvalue weighted by atomic mass is 9.73. The molecule has 0 saturated heterocycles. The molecule has 0 heteroatoms. The highest BCUT2D eigenvalue weighted by Gasteiger charge is 2.25. The van der Waals surface area contributed by atoms with E-state index in [1.54, 1.807) is 0 Å². The van der Waals surface area contributed by atoms with E-state index in [4.69, 9.17) is 0 Å². The number of hydrogen-bond donors (Lipinski definition) is 0. The lowest BCUT2D eigenvalue weighted by Crippen LogP contribution is -2.24. The van der Waals surface area contributed by atoms with Crippen molar-refractivity contribution in [2.24, 2.45) is 23.2 Å². The van der Waals surface area contributed by atoms with Crippen LogP contribution in [0.5, 0.6) is 0 Å². The second-order valence-corrected chi connectivity index (χ2v) is 6.22. The Hall–Kier alpha value is 0. The first-order valence-corrected chi connectivity index (χ1v) is 6.29. The minimum Gasteiger partial charge on any atom is -0.0651 e. The largest absolute Gasteiger partial charge is 0.0651 e. The molecule has 0 saturated carbocycles. The zero-order valence-electron chi connectivity index (χ0n) is 11.4. The van der Waals surface area contributed by atoms with Crippen LogP contribution in [0.25, 0.3) is 0 Å². The molecule has 0 aromatic rings. The van der Waals surface area contributed by atoms with E-state index >= 15 is 0 Å². The fraction of sp³-hybridized carbons (Fsp3) is 1.00. The van der Waals surface area contributed by atoms with Crippen molar-refractivity contribution < 1.29 is 0 Å². The van der Waals surface area contributed by atoms with Gasteiger partial charge in [0.25, 0.3) is 0 Å². The molecule has 0 radical (unpaired) electrons. The molecule has 3 atom stereocenters. The minimum absolute atomic E-state index is 0.467. The lowest BCUT2D eigenvalue weighted by Gasteiger charge is -2.33. The Morgan fingerprint density at radius 1 is 0.929 bits per heavy atom. The van der Waals surface area contributed by atoms with Crippen LogP contribution in [0, 0.1) is 23.2 Å². The fourth-order valence-corrected chi connectivity index (χ4v) is 1.86. The molecule has 0 heterocycles. The normalized spacial score (nSPS) is 19.1. The molecule has 0 aromatic carbocycles. The molecule has 0 aliphatic carbocycles. The van der Waals surface area contributed by atoms with Crippen molar-refractivity contribution in [3.63, 3.8) is 0 Å². The zero-order chi connectivity index (χ0) is 11.4. The quantitative estimate of drug-likeness (QED) is 0.574. The topological polar surface area (TPSA) is 0 Å². The van der Waals surface area contributed by atoms with E-state index in [0.717, 1.165) is 17.8 Å². The Bertz CT molecular complexity index is 141. The van der Waals surface area contributed by atoms with Crippen LogP contribution in [0.2, 0.25) is 0 Å². The van der Waals surface area contributed by atoms with Gasteiger partial charge >= 0.3 is 0 Å². The molecule has 86 valence electrons. The predicted molar refractivity (Wildman–Crippen MR) is 66.5 cm³/mol. The summed E-state index contributed by atoms with van der Waals surface area (Å²) in [6, 6.07) is 0. The Kier molecular flexibility index (Phi) is 5.78. The second kappa shape index (κ2) is 5.78. The summed E-state index contributed by atoms with van der Waals surface area (Å²) in [7, 11) is 0. The van der Waals surface area contributed by atoms with Crippen molar-refractivity contribution in [1.29, 1.82) is 0 Å². The molecular formula is C14H30. The van der Waals surface area contributed by atoms with E-state index in [2.05, 4.69) is 48.5 Å². The monoisotopic (exact) mass is 198 g/mol. The molecule has 14 heavy (non-hydrogen) atoms. The fourth-order valence-electron chi connectivity index (χ4n) is 1.86. The minimum atomic E-state index is 0.467. The molecule has 0 rings (SSSR count). The molecule has 0 fully saturated rings. The van der Waals surface area contributed by atoms with Gasteiger partial charge in [-0.2, -0.15) is 0 Å². The highest BCUT2D eigenvalue weighted by atomic mass is 14.3. The van der Waals surface area contributed by atoms with Crippen molar-refractivity contribution in [2.75, 3.05) is 0 Å². The third-order valence-electron chi connectivity index (χ3n) is 4.03. The first-order valence-electron chi connectivity index (χ1n) is 6.29. The maximum Gasteiger partial charge on any atom is -0.0354 e. The van der Waals surface area contributed by atoms with Crippen LogP contribution in [0.1, 0.15) is 67.7 Å². The molecule has 0 N–H and O–H groups in total. The van der Waals surface area contributed by atoms with Crippen LogP contribution < -0.4 is 0 Å². The summed E-state index contributed by atoms with van der Waals surface area (Å²) in [6.45, 7) is 16.6. The summed E-state index contributed by atoms with van der Waals surface area (Å²) >= 11 is 0. The van der Waals surface area contributed by atoms with Crippen molar-refractivity contribution in [3.8, 4) is 0 Å². The summed E-state index contributed by atoms with van der Waals surface area (Å²) in [5.41, 5.74) is 0.467. The molecule has 0 nitrogen and oxygen atoms in total. The van der Waals surface area contributed by atoms with E-state index in [1.165, 1.54) is 19.3 Å². The van der Waals surface area contributed by atoms with Crippen molar-refractivity contribution >= 4 is 0 Å². The van der Waals surface area contributed by atoms with Gasteiger partial charge in [0.15, 0.2) is 0 Å². The highest BCUT2D eigenvalue weighted by Crippen LogP contribution is 2.34. The van der Waals surface area contributed by atoms with Crippen LogP contribution in [0.15, 0.2) is 0 Å². The van der Waals surface area contributed by atoms with Gasteiger partial charge in [-0.25, -0.2) is 0 Å². The Morgan fingerprint density at radius 2 is 1.43 bits per heavy atom. The van der Waals surface area contributed by atoms with Gasteiger partial charge in [0, 0.05) is 0 Å². The summed E-state index contributed by atoms with van der Waals surface area (Å²) in [6.07, 6.45) is 4.13. The van der Waals surface area contributed by atoms with Crippen molar-refractivity contribution in [3.05, 3.63) is 0 Å². The van der Waals surface area contributed by atoms with Gasteiger partial charge < -0.3 is 0 Å². The van der Waals surface area contributed by atoms with Crippen molar-refractivity contribution in [2.45, 2.75) is 67.7 Å². The first-order chi connectivity index (χ1) is 6.29. The molecule has 0 aliphatic rings. The van der Waals surface area contributed by atoms with Crippen LogP contribution >= 0.6 is 0 Å².